The summed E-state index contributed by atoms with van der Waals surface area (Å²) in [4.78, 5) is 0. The Bertz CT molecular complexity index is 427. The Labute approximate surface area is 88.2 Å². The van der Waals surface area contributed by atoms with Crippen LogP contribution in [0, 0.1) is 23.2 Å². The van der Waals surface area contributed by atoms with Crippen molar-refractivity contribution in [2.75, 3.05) is 13.2 Å². The lowest BCUT2D eigenvalue weighted by Crippen LogP contribution is -1.97. The molecule has 74 valence electrons. The average Bonchev–Trinajstić information content (AvgIpc) is 2.80. The van der Waals surface area contributed by atoms with Crippen molar-refractivity contribution >= 4 is 0 Å². The molecule has 0 aromatic heterocycles. The molecule has 0 amide bonds. The van der Waals surface area contributed by atoms with E-state index >= 15 is 0 Å². The standard InChI is InChI=1S/C12H9NO2/c13-7-1-2-10-3-5-11(6-4-10)12-14-8-9-15-12/h3-6,12H,8-9H2. The van der Waals surface area contributed by atoms with Gasteiger partial charge in [-0.1, -0.05) is 18.1 Å². The molecular weight excluding hydrogens is 190 g/mol. The van der Waals surface area contributed by atoms with E-state index in [2.05, 4.69) is 11.8 Å². The van der Waals surface area contributed by atoms with Crippen molar-refractivity contribution in [1.29, 1.82) is 5.26 Å². The fourth-order valence-electron chi connectivity index (χ4n) is 1.37. The van der Waals surface area contributed by atoms with E-state index in [0.717, 1.165) is 11.1 Å². The van der Waals surface area contributed by atoms with Crippen molar-refractivity contribution in [3.05, 3.63) is 35.4 Å². The van der Waals surface area contributed by atoms with Crippen molar-refractivity contribution in [3.8, 4) is 17.9 Å². The molecule has 1 aliphatic rings. The third kappa shape index (κ3) is 2.35. The highest BCUT2D eigenvalue weighted by molar-refractivity contribution is 5.39. The first-order chi connectivity index (χ1) is 7.40. The van der Waals surface area contributed by atoms with Crippen molar-refractivity contribution in [1.82, 2.24) is 0 Å². The predicted octanol–water partition coefficient (Wildman–Crippen LogP) is 1.61. The maximum atomic E-state index is 8.29. The third-order valence-electron chi connectivity index (χ3n) is 2.07. The average molecular weight is 199 g/mol. The fraction of sp³-hybridized carbons (Fsp3) is 0.250. The molecule has 1 aliphatic heterocycles. The van der Waals surface area contributed by atoms with Gasteiger partial charge in [-0.3, -0.25) is 0 Å². The smallest absolute Gasteiger partial charge is 0.184 e. The molecule has 0 N–H and O–H groups in total. The molecule has 1 saturated heterocycles. The summed E-state index contributed by atoms with van der Waals surface area (Å²) in [6.07, 6.45) is -0.247. The third-order valence-corrected chi connectivity index (χ3v) is 2.07. The molecule has 0 unspecified atom stereocenters. The van der Waals surface area contributed by atoms with Gasteiger partial charge < -0.3 is 9.47 Å². The van der Waals surface area contributed by atoms with E-state index in [9.17, 15) is 0 Å². The van der Waals surface area contributed by atoms with Gasteiger partial charge >= 0.3 is 0 Å². The van der Waals surface area contributed by atoms with Gasteiger partial charge in [0, 0.05) is 17.0 Å². The summed E-state index contributed by atoms with van der Waals surface area (Å²) in [6.45, 7) is 1.28. The topological polar surface area (TPSA) is 42.2 Å². The second-order valence-electron chi connectivity index (χ2n) is 3.06. The van der Waals surface area contributed by atoms with Crippen LogP contribution in [0.1, 0.15) is 17.4 Å². The molecule has 0 spiro atoms. The molecule has 1 heterocycles. The van der Waals surface area contributed by atoms with Crippen LogP contribution in [0.5, 0.6) is 0 Å². The van der Waals surface area contributed by atoms with Crippen molar-refractivity contribution in [3.63, 3.8) is 0 Å². The Morgan fingerprint density at radius 3 is 2.40 bits per heavy atom. The Morgan fingerprint density at radius 1 is 1.13 bits per heavy atom. The van der Waals surface area contributed by atoms with Gasteiger partial charge in [0.2, 0.25) is 0 Å². The molecule has 1 aromatic rings. The predicted molar refractivity (Wildman–Crippen MR) is 53.6 cm³/mol. The van der Waals surface area contributed by atoms with Gasteiger partial charge in [0.05, 0.1) is 13.2 Å². The lowest BCUT2D eigenvalue weighted by Gasteiger charge is -2.08. The fourth-order valence-corrected chi connectivity index (χ4v) is 1.37. The van der Waals surface area contributed by atoms with Crippen LogP contribution in [0.4, 0.5) is 0 Å². The minimum Gasteiger partial charge on any atom is -0.346 e. The molecule has 0 aliphatic carbocycles. The van der Waals surface area contributed by atoms with E-state index in [0.29, 0.717) is 13.2 Å². The monoisotopic (exact) mass is 199 g/mol. The maximum Gasteiger partial charge on any atom is 0.184 e. The van der Waals surface area contributed by atoms with Crippen molar-refractivity contribution in [2.24, 2.45) is 0 Å². The Hall–Kier alpha value is -1.81. The van der Waals surface area contributed by atoms with E-state index < -0.39 is 0 Å². The molecule has 1 fully saturated rings. The zero-order valence-corrected chi connectivity index (χ0v) is 8.06. The zero-order chi connectivity index (χ0) is 10.5. The molecule has 2 rings (SSSR count). The first-order valence-electron chi connectivity index (χ1n) is 4.63. The molecule has 0 atom stereocenters. The van der Waals surface area contributed by atoms with Gasteiger partial charge in [-0.25, -0.2) is 0 Å². The SMILES string of the molecule is N#CC#Cc1ccc(C2OCCO2)cc1. The van der Waals surface area contributed by atoms with Crippen molar-refractivity contribution < 1.29 is 9.47 Å². The van der Waals surface area contributed by atoms with Crippen LogP contribution in [0.2, 0.25) is 0 Å². The van der Waals surface area contributed by atoms with Crippen LogP contribution in [0.25, 0.3) is 0 Å². The van der Waals surface area contributed by atoms with Crippen LogP contribution in [-0.4, -0.2) is 13.2 Å². The van der Waals surface area contributed by atoms with E-state index in [-0.39, 0.29) is 6.29 Å². The summed E-state index contributed by atoms with van der Waals surface area (Å²) in [5, 5.41) is 8.29. The number of nitriles is 1. The molecule has 1 aromatic carbocycles. The summed E-state index contributed by atoms with van der Waals surface area (Å²) in [5.41, 5.74) is 1.80. The first kappa shape index (κ1) is 9.73. The second-order valence-corrected chi connectivity index (χ2v) is 3.06. The van der Waals surface area contributed by atoms with Crippen LogP contribution in [0.15, 0.2) is 24.3 Å². The van der Waals surface area contributed by atoms with Gasteiger partial charge in [-0.2, -0.15) is 5.26 Å². The summed E-state index contributed by atoms with van der Waals surface area (Å²) >= 11 is 0. The summed E-state index contributed by atoms with van der Waals surface area (Å²) in [5.74, 6) is 5.07. The molecule has 0 bridgehead atoms. The molecule has 3 nitrogen and oxygen atoms in total. The van der Waals surface area contributed by atoms with Gasteiger partial charge in [-0.15, -0.1) is 0 Å². The second kappa shape index (κ2) is 4.61. The van der Waals surface area contributed by atoms with Crippen LogP contribution in [-0.2, 0) is 9.47 Å². The highest BCUT2D eigenvalue weighted by Crippen LogP contribution is 2.22. The van der Waals surface area contributed by atoms with Crippen molar-refractivity contribution in [2.45, 2.75) is 6.29 Å². The van der Waals surface area contributed by atoms with Crippen LogP contribution < -0.4 is 0 Å². The molecule has 15 heavy (non-hydrogen) atoms. The van der Waals surface area contributed by atoms with E-state index in [4.69, 9.17) is 14.7 Å². The number of ether oxygens (including phenoxy) is 2. The van der Waals surface area contributed by atoms with Gasteiger partial charge in [-0.05, 0) is 12.1 Å². The number of nitrogens with zero attached hydrogens (tertiary/aromatic N) is 1. The normalized spacial score (nSPS) is 15.4. The number of hydrogen-bond acceptors (Lipinski definition) is 3. The highest BCUT2D eigenvalue weighted by atomic mass is 16.7. The lowest BCUT2D eigenvalue weighted by molar-refractivity contribution is -0.0441. The summed E-state index contributed by atoms with van der Waals surface area (Å²) < 4.78 is 10.7. The molecule has 0 saturated carbocycles. The van der Waals surface area contributed by atoms with E-state index in [1.165, 1.54) is 0 Å². The number of benzene rings is 1. The van der Waals surface area contributed by atoms with Gasteiger partial charge in [0.25, 0.3) is 0 Å². The van der Waals surface area contributed by atoms with Gasteiger partial charge in [0.1, 0.15) is 0 Å². The quantitative estimate of drug-likeness (QED) is 0.645. The van der Waals surface area contributed by atoms with E-state index in [1.807, 2.05) is 24.3 Å². The maximum absolute atomic E-state index is 8.29. The molecule has 3 heteroatoms. The van der Waals surface area contributed by atoms with Crippen LogP contribution >= 0.6 is 0 Å². The Morgan fingerprint density at radius 2 is 1.80 bits per heavy atom. The summed E-state index contributed by atoms with van der Waals surface area (Å²) in [6, 6.07) is 9.28. The Balaban J connectivity index is 2.13. The van der Waals surface area contributed by atoms with E-state index in [1.54, 1.807) is 6.07 Å². The largest absolute Gasteiger partial charge is 0.346 e. The first-order valence-corrected chi connectivity index (χ1v) is 4.63. The van der Waals surface area contributed by atoms with Crippen LogP contribution in [0.3, 0.4) is 0 Å². The zero-order valence-electron chi connectivity index (χ0n) is 8.06. The summed E-state index contributed by atoms with van der Waals surface area (Å²) in [7, 11) is 0. The minimum atomic E-state index is -0.247. The number of rotatable bonds is 1. The number of hydrogen-bond donors (Lipinski definition) is 0. The highest BCUT2D eigenvalue weighted by Gasteiger charge is 2.17. The minimum absolute atomic E-state index is 0.247. The van der Waals surface area contributed by atoms with Gasteiger partial charge in [0.15, 0.2) is 12.4 Å². The molecule has 0 radical (unpaired) electrons. The lowest BCUT2D eigenvalue weighted by atomic mass is 10.1. The Kier molecular flexibility index (Phi) is 2.99. The molecular formula is C12H9NO2.